The molecule has 2 saturated carbocycles. The molecule has 7 heteroatoms. The SMILES string of the molecule is CCC[C@](O)(CF)CC1=CC[C@@H]2[C@H](CC[C@]3(C)[C@@H](C(=O)Cn4ncnn4)CC[C@@H]23)C1. The lowest BCUT2D eigenvalue weighted by atomic mass is 9.54. The van der Waals surface area contributed by atoms with Crippen LogP contribution >= 0.6 is 0 Å². The highest BCUT2D eigenvalue weighted by Gasteiger charge is 2.55. The van der Waals surface area contributed by atoms with Crippen LogP contribution in [0.5, 0.6) is 0 Å². The maximum absolute atomic E-state index is 13.5. The molecule has 2 fully saturated rings. The van der Waals surface area contributed by atoms with Crippen molar-refractivity contribution in [2.24, 2.45) is 29.1 Å². The molecule has 3 aliphatic rings. The summed E-state index contributed by atoms with van der Waals surface area (Å²) in [6.07, 6.45) is 11.6. The minimum Gasteiger partial charge on any atom is -0.387 e. The summed E-state index contributed by atoms with van der Waals surface area (Å²) >= 11 is 0. The smallest absolute Gasteiger partial charge is 0.162 e. The third kappa shape index (κ3) is 3.97. The molecule has 3 aliphatic carbocycles. The van der Waals surface area contributed by atoms with Crippen molar-refractivity contribution in [3.8, 4) is 0 Å². The molecule has 1 aromatic heterocycles. The Morgan fingerprint density at radius 3 is 2.93 bits per heavy atom. The predicted octanol–water partition coefficient (Wildman–Crippen LogP) is 3.91. The number of carbonyl (C=O) groups is 1. The third-order valence-electron chi connectivity index (χ3n) is 8.39. The number of allylic oxidation sites excluding steroid dienone is 1. The van der Waals surface area contributed by atoms with Gasteiger partial charge in [-0.25, -0.2) is 4.39 Å². The van der Waals surface area contributed by atoms with Crippen LogP contribution < -0.4 is 0 Å². The van der Waals surface area contributed by atoms with Crippen molar-refractivity contribution in [2.75, 3.05) is 6.67 Å². The van der Waals surface area contributed by atoms with E-state index in [0.29, 0.717) is 30.6 Å². The molecule has 6 atom stereocenters. The van der Waals surface area contributed by atoms with E-state index in [-0.39, 0.29) is 23.7 Å². The van der Waals surface area contributed by atoms with E-state index in [1.807, 2.05) is 6.92 Å². The lowest BCUT2D eigenvalue weighted by molar-refractivity contribution is -0.129. The molecule has 0 unspecified atom stereocenters. The molecule has 0 aromatic carbocycles. The van der Waals surface area contributed by atoms with E-state index < -0.39 is 12.3 Å². The van der Waals surface area contributed by atoms with Gasteiger partial charge in [0.05, 0.1) is 5.60 Å². The van der Waals surface area contributed by atoms with Gasteiger partial charge >= 0.3 is 0 Å². The van der Waals surface area contributed by atoms with Crippen molar-refractivity contribution in [3.63, 3.8) is 0 Å². The number of tetrazole rings is 1. The van der Waals surface area contributed by atoms with Crippen molar-refractivity contribution < 1.29 is 14.3 Å². The molecule has 1 N–H and O–H groups in total. The van der Waals surface area contributed by atoms with E-state index in [2.05, 4.69) is 28.4 Å². The maximum Gasteiger partial charge on any atom is 0.162 e. The molecule has 30 heavy (non-hydrogen) atoms. The van der Waals surface area contributed by atoms with Crippen LogP contribution in [0.2, 0.25) is 0 Å². The summed E-state index contributed by atoms with van der Waals surface area (Å²) in [6.45, 7) is 3.85. The van der Waals surface area contributed by atoms with Gasteiger partial charge in [0.1, 0.15) is 13.2 Å². The Morgan fingerprint density at radius 1 is 1.40 bits per heavy atom. The van der Waals surface area contributed by atoms with Crippen LogP contribution in [0.15, 0.2) is 18.0 Å². The van der Waals surface area contributed by atoms with Gasteiger partial charge in [-0.3, -0.25) is 4.79 Å². The molecule has 0 bridgehead atoms. The summed E-state index contributed by atoms with van der Waals surface area (Å²) in [5, 5.41) is 22.2. The van der Waals surface area contributed by atoms with E-state index in [9.17, 15) is 14.3 Å². The lowest BCUT2D eigenvalue weighted by Gasteiger charge is -2.50. The van der Waals surface area contributed by atoms with E-state index in [0.717, 1.165) is 44.9 Å². The first kappa shape index (κ1) is 21.6. The monoisotopic (exact) mass is 418 g/mol. The summed E-state index contributed by atoms with van der Waals surface area (Å²) in [5.41, 5.74) is 0.0828. The highest BCUT2D eigenvalue weighted by atomic mass is 19.1. The fourth-order valence-corrected chi connectivity index (χ4v) is 6.97. The quantitative estimate of drug-likeness (QED) is 0.648. The van der Waals surface area contributed by atoms with Crippen molar-refractivity contribution in [2.45, 2.75) is 83.8 Å². The number of hydrogen-bond acceptors (Lipinski definition) is 5. The summed E-state index contributed by atoms with van der Waals surface area (Å²) in [5.74, 6) is 2.05. The number of nitrogens with zero attached hydrogens (tertiary/aromatic N) is 4. The van der Waals surface area contributed by atoms with E-state index in [4.69, 9.17) is 0 Å². The summed E-state index contributed by atoms with van der Waals surface area (Å²) in [4.78, 5) is 14.4. The molecule has 0 radical (unpaired) electrons. The average molecular weight is 419 g/mol. The summed E-state index contributed by atoms with van der Waals surface area (Å²) in [6, 6.07) is 0. The first-order chi connectivity index (χ1) is 14.4. The Kier molecular flexibility index (Phi) is 6.11. The minimum atomic E-state index is -1.20. The molecular formula is C23H35FN4O2. The molecule has 4 rings (SSSR count). The van der Waals surface area contributed by atoms with E-state index >= 15 is 0 Å². The van der Waals surface area contributed by atoms with Gasteiger partial charge < -0.3 is 5.11 Å². The van der Waals surface area contributed by atoms with Crippen LogP contribution in [0, 0.1) is 29.1 Å². The molecule has 0 spiro atoms. The average Bonchev–Trinajstić information content (AvgIpc) is 3.35. The van der Waals surface area contributed by atoms with Crippen LogP contribution in [0.1, 0.15) is 71.6 Å². The largest absolute Gasteiger partial charge is 0.387 e. The van der Waals surface area contributed by atoms with Gasteiger partial charge in [-0.1, -0.05) is 31.9 Å². The zero-order valence-corrected chi connectivity index (χ0v) is 18.3. The number of aliphatic hydroxyl groups is 1. The van der Waals surface area contributed by atoms with E-state index in [1.165, 1.54) is 16.7 Å². The Hall–Kier alpha value is -1.63. The lowest BCUT2D eigenvalue weighted by Crippen LogP contribution is -2.45. The predicted molar refractivity (Wildman–Crippen MR) is 111 cm³/mol. The maximum atomic E-state index is 13.5. The molecule has 0 saturated heterocycles. The second kappa shape index (κ2) is 8.48. The second-order valence-corrected chi connectivity index (χ2v) is 10.2. The van der Waals surface area contributed by atoms with Crippen LogP contribution in [0.3, 0.4) is 0 Å². The second-order valence-electron chi connectivity index (χ2n) is 10.2. The number of halogens is 1. The van der Waals surface area contributed by atoms with Gasteiger partial charge in [0.15, 0.2) is 12.1 Å². The molecule has 166 valence electrons. The number of carbonyl (C=O) groups excluding carboxylic acids is 1. The third-order valence-corrected chi connectivity index (χ3v) is 8.39. The standard InChI is InChI=1S/C23H35FN4O2/c1-3-9-23(30,14-24)12-16-4-5-18-17(11-16)8-10-22(2)19(18)6-7-20(22)21(29)13-28-26-15-25-27-28/h4,15,17-20,30H,3,5-14H2,1-2H3/t17-,18-,19+,20-,22+,23-/m1/s1. The number of aromatic nitrogens is 4. The van der Waals surface area contributed by atoms with Crippen LogP contribution in [0.25, 0.3) is 0 Å². The van der Waals surface area contributed by atoms with Gasteiger partial charge in [0, 0.05) is 5.92 Å². The zero-order valence-electron chi connectivity index (χ0n) is 18.3. The van der Waals surface area contributed by atoms with Crippen molar-refractivity contribution in [3.05, 3.63) is 18.0 Å². The summed E-state index contributed by atoms with van der Waals surface area (Å²) < 4.78 is 13.5. The molecule has 1 heterocycles. The van der Waals surface area contributed by atoms with Gasteiger partial charge in [-0.15, -0.1) is 10.2 Å². The number of fused-ring (bicyclic) bond motifs is 3. The topological polar surface area (TPSA) is 80.9 Å². The highest BCUT2D eigenvalue weighted by Crippen LogP contribution is 2.61. The fourth-order valence-electron chi connectivity index (χ4n) is 6.97. The van der Waals surface area contributed by atoms with Crippen LogP contribution in [0.4, 0.5) is 4.39 Å². The molecular weight excluding hydrogens is 383 g/mol. The Morgan fingerprint density at radius 2 is 2.23 bits per heavy atom. The van der Waals surface area contributed by atoms with Gasteiger partial charge in [0.2, 0.25) is 0 Å². The molecule has 0 amide bonds. The van der Waals surface area contributed by atoms with Gasteiger partial charge in [-0.2, -0.15) is 4.80 Å². The number of ketones is 1. The van der Waals surface area contributed by atoms with E-state index in [1.54, 1.807) is 0 Å². The fraction of sp³-hybridized carbons (Fsp3) is 0.826. The van der Waals surface area contributed by atoms with Crippen LogP contribution in [-0.2, 0) is 11.3 Å². The normalized spacial score (nSPS) is 35.3. The van der Waals surface area contributed by atoms with Crippen molar-refractivity contribution >= 4 is 5.78 Å². The Balaban J connectivity index is 1.44. The number of alkyl halides is 1. The molecule has 6 nitrogen and oxygen atoms in total. The first-order valence-corrected chi connectivity index (χ1v) is 11.6. The number of Topliss-reactive ketones (excluding diaryl/α,β-unsaturated/α-hetero) is 1. The highest BCUT2D eigenvalue weighted by molar-refractivity contribution is 5.81. The zero-order chi connectivity index (χ0) is 21.4. The van der Waals surface area contributed by atoms with Crippen molar-refractivity contribution in [1.82, 2.24) is 20.2 Å². The first-order valence-electron chi connectivity index (χ1n) is 11.6. The van der Waals surface area contributed by atoms with Gasteiger partial charge in [-0.05, 0) is 79.7 Å². The van der Waals surface area contributed by atoms with Crippen LogP contribution in [-0.4, -0.2) is 43.4 Å². The Labute approximate surface area is 178 Å². The summed E-state index contributed by atoms with van der Waals surface area (Å²) in [7, 11) is 0. The molecule has 1 aromatic rings. The van der Waals surface area contributed by atoms with Crippen molar-refractivity contribution in [1.29, 1.82) is 0 Å². The minimum absolute atomic E-state index is 0.0477. The molecule has 0 aliphatic heterocycles. The van der Waals surface area contributed by atoms with Gasteiger partial charge in [0.25, 0.3) is 0 Å². The Bertz CT molecular complexity index is 782. The number of rotatable bonds is 8. The number of hydrogen-bond donors (Lipinski definition) is 1.